The molecule has 0 fully saturated rings. The zero-order valence-corrected chi connectivity index (χ0v) is 16.0. The summed E-state index contributed by atoms with van der Waals surface area (Å²) < 4.78 is 11.1. The summed E-state index contributed by atoms with van der Waals surface area (Å²) in [5.74, 6) is 1.41. The largest absolute Gasteiger partial charge is 0.481 e. The average Bonchev–Trinajstić information content (AvgIpc) is 3.09. The summed E-state index contributed by atoms with van der Waals surface area (Å²) in [7, 11) is 1.69. The van der Waals surface area contributed by atoms with E-state index in [1.807, 2.05) is 56.3 Å². The fourth-order valence-corrected chi connectivity index (χ4v) is 2.87. The minimum absolute atomic E-state index is 0.159. The summed E-state index contributed by atoms with van der Waals surface area (Å²) in [6, 6.07) is 15.5. The molecule has 0 bridgehead atoms. The predicted octanol–water partition coefficient (Wildman–Crippen LogP) is 3.78. The molecule has 140 valence electrons. The van der Waals surface area contributed by atoms with Crippen molar-refractivity contribution in [1.29, 1.82) is 0 Å². The van der Waals surface area contributed by atoms with Crippen molar-refractivity contribution in [1.82, 2.24) is 15.0 Å². The van der Waals surface area contributed by atoms with Crippen LogP contribution in [0.4, 0.5) is 0 Å². The lowest BCUT2D eigenvalue weighted by molar-refractivity contribution is -0.137. The molecule has 1 unspecified atom stereocenters. The standard InChI is InChI=1S/C21H23N3O3/c1-14-10-15(2)12-18(11-14)26-16(3)21(25)24(4)13-19-22-20(23-27-19)17-8-6-5-7-9-17/h5-12,16H,13H2,1-4H3. The van der Waals surface area contributed by atoms with E-state index in [0.717, 1.165) is 16.7 Å². The van der Waals surface area contributed by atoms with E-state index < -0.39 is 6.10 Å². The van der Waals surface area contributed by atoms with Gasteiger partial charge in [0.1, 0.15) is 5.75 Å². The van der Waals surface area contributed by atoms with Crippen LogP contribution >= 0.6 is 0 Å². The lowest BCUT2D eigenvalue weighted by atomic mass is 10.1. The molecule has 1 heterocycles. The fraction of sp³-hybridized carbons (Fsp3) is 0.286. The van der Waals surface area contributed by atoms with Crippen LogP contribution in [0.1, 0.15) is 23.9 Å². The number of aromatic nitrogens is 2. The van der Waals surface area contributed by atoms with E-state index in [4.69, 9.17) is 9.26 Å². The first kappa shape index (κ1) is 18.6. The second kappa shape index (κ2) is 8.03. The molecule has 0 aliphatic heterocycles. The van der Waals surface area contributed by atoms with Gasteiger partial charge in [0.15, 0.2) is 6.10 Å². The molecule has 0 saturated carbocycles. The Morgan fingerprint density at radius 3 is 2.48 bits per heavy atom. The van der Waals surface area contributed by atoms with Gasteiger partial charge in [0.05, 0.1) is 6.54 Å². The minimum Gasteiger partial charge on any atom is -0.481 e. The Hall–Kier alpha value is -3.15. The van der Waals surface area contributed by atoms with Crippen molar-refractivity contribution < 1.29 is 14.1 Å². The highest BCUT2D eigenvalue weighted by atomic mass is 16.5. The second-order valence-electron chi connectivity index (χ2n) is 6.66. The van der Waals surface area contributed by atoms with Crippen molar-refractivity contribution in [3.63, 3.8) is 0 Å². The molecule has 3 rings (SSSR count). The first-order valence-corrected chi connectivity index (χ1v) is 8.80. The van der Waals surface area contributed by atoms with Gasteiger partial charge in [0.2, 0.25) is 11.7 Å². The molecule has 0 aliphatic carbocycles. The van der Waals surface area contributed by atoms with E-state index >= 15 is 0 Å². The van der Waals surface area contributed by atoms with Crippen LogP contribution in [0.15, 0.2) is 53.1 Å². The van der Waals surface area contributed by atoms with E-state index in [1.165, 1.54) is 4.90 Å². The number of amides is 1. The van der Waals surface area contributed by atoms with Crippen LogP contribution in [0.2, 0.25) is 0 Å². The number of nitrogens with zero attached hydrogens (tertiary/aromatic N) is 3. The summed E-state index contributed by atoms with van der Waals surface area (Å²) >= 11 is 0. The van der Waals surface area contributed by atoms with E-state index in [0.29, 0.717) is 17.5 Å². The zero-order valence-electron chi connectivity index (χ0n) is 16.0. The topological polar surface area (TPSA) is 68.5 Å². The summed E-state index contributed by atoms with van der Waals surface area (Å²) in [5.41, 5.74) is 3.06. The van der Waals surface area contributed by atoms with Gasteiger partial charge < -0.3 is 14.2 Å². The Labute approximate surface area is 158 Å². The van der Waals surface area contributed by atoms with Gasteiger partial charge in [-0.15, -0.1) is 0 Å². The number of carbonyl (C=O) groups is 1. The van der Waals surface area contributed by atoms with Gasteiger partial charge in [0.25, 0.3) is 5.91 Å². The predicted molar refractivity (Wildman–Crippen MR) is 102 cm³/mol. The molecule has 27 heavy (non-hydrogen) atoms. The lowest BCUT2D eigenvalue weighted by Crippen LogP contribution is -2.37. The Morgan fingerprint density at radius 2 is 1.81 bits per heavy atom. The number of benzene rings is 2. The van der Waals surface area contributed by atoms with Crippen molar-refractivity contribution in [3.8, 4) is 17.1 Å². The van der Waals surface area contributed by atoms with E-state index in [-0.39, 0.29) is 12.5 Å². The summed E-state index contributed by atoms with van der Waals surface area (Å²) in [5, 5.41) is 3.98. The normalized spacial score (nSPS) is 11.9. The van der Waals surface area contributed by atoms with Gasteiger partial charge in [-0.05, 0) is 44.0 Å². The monoisotopic (exact) mass is 365 g/mol. The van der Waals surface area contributed by atoms with Crippen LogP contribution in [-0.2, 0) is 11.3 Å². The Kier molecular flexibility index (Phi) is 5.54. The number of hydrogen-bond acceptors (Lipinski definition) is 5. The fourth-order valence-electron chi connectivity index (χ4n) is 2.87. The first-order chi connectivity index (χ1) is 12.9. The molecule has 0 N–H and O–H groups in total. The van der Waals surface area contributed by atoms with Gasteiger partial charge in [0, 0.05) is 12.6 Å². The van der Waals surface area contributed by atoms with Gasteiger partial charge in [-0.25, -0.2) is 0 Å². The molecule has 2 aromatic carbocycles. The third kappa shape index (κ3) is 4.73. The van der Waals surface area contributed by atoms with Crippen molar-refractivity contribution in [2.45, 2.75) is 33.4 Å². The van der Waals surface area contributed by atoms with Crippen LogP contribution < -0.4 is 4.74 Å². The summed E-state index contributed by atoms with van der Waals surface area (Å²) in [6.45, 7) is 5.95. The highest BCUT2D eigenvalue weighted by Gasteiger charge is 2.21. The van der Waals surface area contributed by atoms with Crippen LogP contribution in [0.5, 0.6) is 5.75 Å². The van der Waals surface area contributed by atoms with Crippen LogP contribution in [0, 0.1) is 13.8 Å². The highest BCUT2D eigenvalue weighted by Crippen LogP contribution is 2.19. The van der Waals surface area contributed by atoms with Gasteiger partial charge in [-0.2, -0.15) is 4.98 Å². The van der Waals surface area contributed by atoms with Crippen LogP contribution in [0.25, 0.3) is 11.4 Å². The summed E-state index contributed by atoms with van der Waals surface area (Å²) in [4.78, 5) is 18.5. The third-order valence-electron chi connectivity index (χ3n) is 4.10. The number of carbonyl (C=O) groups excluding carboxylic acids is 1. The maximum atomic E-state index is 12.6. The Balaban J connectivity index is 1.62. The van der Waals surface area contributed by atoms with E-state index in [9.17, 15) is 4.79 Å². The maximum Gasteiger partial charge on any atom is 0.263 e. The Morgan fingerprint density at radius 1 is 1.15 bits per heavy atom. The van der Waals surface area contributed by atoms with Crippen molar-refractivity contribution >= 4 is 5.91 Å². The van der Waals surface area contributed by atoms with Crippen LogP contribution in [-0.4, -0.2) is 34.1 Å². The lowest BCUT2D eigenvalue weighted by Gasteiger charge is -2.21. The molecule has 0 aliphatic rings. The molecular formula is C21H23N3O3. The molecule has 3 aromatic rings. The zero-order chi connectivity index (χ0) is 19.4. The molecule has 0 saturated heterocycles. The number of rotatable bonds is 6. The number of ether oxygens (including phenoxy) is 1. The molecule has 1 amide bonds. The van der Waals surface area contributed by atoms with E-state index in [1.54, 1.807) is 14.0 Å². The average molecular weight is 365 g/mol. The third-order valence-corrected chi connectivity index (χ3v) is 4.10. The van der Waals surface area contributed by atoms with Gasteiger partial charge in [-0.3, -0.25) is 4.79 Å². The minimum atomic E-state index is -0.618. The van der Waals surface area contributed by atoms with Gasteiger partial charge in [-0.1, -0.05) is 41.6 Å². The number of hydrogen-bond donors (Lipinski definition) is 0. The van der Waals surface area contributed by atoms with Crippen LogP contribution in [0.3, 0.4) is 0 Å². The summed E-state index contributed by atoms with van der Waals surface area (Å²) in [6.07, 6.45) is -0.618. The van der Waals surface area contributed by atoms with Gasteiger partial charge >= 0.3 is 0 Å². The van der Waals surface area contributed by atoms with Crippen molar-refractivity contribution in [2.75, 3.05) is 7.05 Å². The number of likely N-dealkylation sites (N-methyl/N-ethyl adjacent to an activating group) is 1. The number of aryl methyl sites for hydroxylation is 2. The molecule has 6 heteroatoms. The quantitative estimate of drug-likeness (QED) is 0.665. The maximum absolute atomic E-state index is 12.6. The van der Waals surface area contributed by atoms with Crippen molar-refractivity contribution in [3.05, 3.63) is 65.5 Å². The smallest absolute Gasteiger partial charge is 0.263 e. The SMILES string of the molecule is Cc1cc(C)cc(OC(C)C(=O)N(C)Cc2nc(-c3ccccc3)no2)c1. The molecule has 6 nitrogen and oxygen atoms in total. The van der Waals surface area contributed by atoms with Crippen molar-refractivity contribution in [2.24, 2.45) is 0 Å². The second-order valence-corrected chi connectivity index (χ2v) is 6.66. The first-order valence-electron chi connectivity index (χ1n) is 8.80. The van der Waals surface area contributed by atoms with E-state index in [2.05, 4.69) is 16.2 Å². The molecule has 1 aromatic heterocycles. The Bertz CT molecular complexity index is 901. The molecular weight excluding hydrogens is 342 g/mol. The molecule has 0 spiro atoms. The molecule has 1 atom stereocenters. The molecule has 0 radical (unpaired) electrons. The highest BCUT2D eigenvalue weighted by molar-refractivity contribution is 5.80.